The molecule has 176 valence electrons. The van der Waals surface area contributed by atoms with Gasteiger partial charge in [0.2, 0.25) is 11.6 Å². The van der Waals surface area contributed by atoms with E-state index in [4.69, 9.17) is 4.74 Å². The number of ketones is 2. The molecule has 1 amide bonds. The predicted octanol–water partition coefficient (Wildman–Crippen LogP) is 2.95. The molecule has 0 bridgehead atoms. The van der Waals surface area contributed by atoms with E-state index in [1.165, 1.54) is 24.2 Å². The van der Waals surface area contributed by atoms with Crippen LogP contribution in [0.2, 0.25) is 0 Å². The summed E-state index contributed by atoms with van der Waals surface area (Å²) in [6.07, 6.45) is 13.4. The van der Waals surface area contributed by atoms with E-state index >= 15 is 0 Å². The van der Waals surface area contributed by atoms with Crippen LogP contribution in [0.5, 0.6) is 0 Å². The van der Waals surface area contributed by atoms with Crippen molar-refractivity contribution in [2.24, 2.45) is 4.99 Å². The van der Waals surface area contributed by atoms with Gasteiger partial charge in [0.1, 0.15) is 16.3 Å². The zero-order valence-electron chi connectivity index (χ0n) is 18.6. The molecule has 1 atom stereocenters. The summed E-state index contributed by atoms with van der Waals surface area (Å²) >= 11 is 1.31. The highest BCUT2D eigenvalue weighted by Gasteiger charge is 2.44. The van der Waals surface area contributed by atoms with E-state index in [0.29, 0.717) is 46.8 Å². The third-order valence-electron chi connectivity index (χ3n) is 6.09. The summed E-state index contributed by atoms with van der Waals surface area (Å²) in [7, 11) is 0. The van der Waals surface area contributed by atoms with Crippen molar-refractivity contribution in [3.05, 3.63) is 69.5 Å². The van der Waals surface area contributed by atoms with Gasteiger partial charge in [-0.15, -0.1) is 11.8 Å². The Kier molecular flexibility index (Phi) is 6.83. The molecule has 0 saturated carbocycles. The molecule has 8 nitrogen and oxygen atoms in total. The van der Waals surface area contributed by atoms with E-state index in [9.17, 15) is 24.3 Å². The first-order valence-electron chi connectivity index (χ1n) is 11.0. The second-order valence-electron chi connectivity index (χ2n) is 8.18. The largest absolute Gasteiger partial charge is 0.484 e. The zero-order chi connectivity index (χ0) is 24.3. The van der Waals surface area contributed by atoms with Gasteiger partial charge in [-0.2, -0.15) is 0 Å². The minimum Gasteiger partial charge on any atom is -0.484 e. The molecule has 2 aliphatic carbocycles. The summed E-state index contributed by atoms with van der Waals surface area (Å²) in [5, 5.41) is 12.2. The molecular formula is C25H24N2O6S. The lowest BCUT2D eigenvalue weighted by atomic mass is 9.91. The van der Waals surface area contributed by atoms with Crippen molar-refractivity contribution in [3.63, 3.8) is 0 Å². The van der Waals surface area contributed by atoms with Crippen LogP contribution in [-0.4, -0.2) is 52.7 Å². The maximum atomic E-state index is 12.7. The highest BCUT2D eigenvalue weighted by Crippen LogP contribution is 2.45. The maximum Gasteiger partial charge on any atom is 0.332 e. The van der Waals surface area contributed by atoms with Crippen LogP contribution < -0.4 is 5.32 Å². The van der Waals surface area contributed by atoms with E-state index in [1.807, 2.05) is 25.2 Å². The number of aliphatic carboxylic acids is 1. The topological polar surface area (TPSA) is 122 Å². The van der Waals surface area contributed by atoms with Crippen molar-refractivity contribution >= 4 is 41.4 Å². The molecule has 4 aliphatic rings. The smallest absolute Gasteiger partial charge is 0.332 e. The fraction of sp³-hybridized carbons (Fsp3) is 0.320. The summed E-state index contributed by atoms with van der Waals surface area (Å²) in [5.74, 6) is -1.87. The average Bonchev–Trinajstić information content (AvgIpc) is 3.24. The summed E-state index contributed by atoms with van der Waals surface area (Å²) in [6.45, 7) is 2.21. The summed E-state index contributed by atoms with van der Waals surface area (Å²) in [4.78, 5) is 53.8. The SMILES string of the molecule is CCC1(CCNC(=O)C2=C(C(=O)O)CC=CN=C2)CSC2=C(O1)C1=C(C=CCC=C1)C(=O)C2=O. The van der Waals surface area contributed by atoms with Gasteiger partial charge in [-0.1, -0.05) is 37.3 Å². The molecule has 0 fully saturated rings. The Morgan fingerprint density at radius 3 is 2.68 bits per heavy atom. The van der Waals surface area contributed by atoms with E-state index in [0.717, 1.165) is 0 Å². The number of carbonyl (C=O) groups is 4. The molecule has 9 heteroatoms. The van der Waals surface area contributed by atoms with Crippen molar-refractivity contribution in [1.82, 2.24) is 5.32 Å². The van der Waals surface area contributed by atoms with Crippen molar-refractivity contribution < 1.29 is 29.0 Å². The van der Waals surface area contributed by atoms with Crippen LogP contribution in [0.15, 0.2) is 74.5 Å². The molecule has 0 spiro atoms. The quantitative estimate of drug-likeness (QED) is 0.443. The number of hydrogen-bond acceptors (Lipinski definition) is 7. The molecule has 0 aromatic carbocycles. The fourth-order valence-electron chi connectivity index (χ4n) is 4.07. The third kappa shape index (κ3) is 4.48. The number of hydrogen-bond donors (Lipinski definition) is 2. The van der Waals surface area contributed by atoms with Crippen LogP contribution in [0, 0.1) is 0 Å². The van der Waals surface area contributed by atoms with Gasteiger partial charge in [0.15, 0.2) is 0 Å². The number of amides is 1. The number of thioether (sulfide) groups is 1. The lowest BCUT2D eigenvalue weighted by molar-refractivity contribution is -0.133. The van der Waals surface area contributed by atoms with Gasteiger partial charge in [-0.3, -0.25) is 19.4 Å². The first-order chi connectivity index (χ1) is 16.4. The number of nitrogens with zero attached hydrogens (tertiary/aromatic N) is 1. The van der Waals surface area contributed by atoms with Crippen LogP contribution in [0.3, 0.4) is 0 Å². The van der Waals surface area contributed by atoms with E-state index < -0.39 is 29.0 Å². The highest BCUT2D eigenvalue weighted by molar-refractivity contribution is 8.04. The average molecular weight is 481 g/mol. The standard InChI is InChI=1S/C25H24N2O6S/c1-2-25(10-12-27-23(30)18-13-26-11-6-9-17(18)24(31)32)14-34-22-20(29)19(28)15-7-4-3-5-8-16(15)21(22)33-25/h4-8,11,13H,2-3,9-10,12,14H2,1H3,(H,27,30)(H,31,32). The zero-order valence-corrected chi connectivity index (χ0v) is 19.4. The molecule has 2 aliphatic heterocycles. The fourth-order valence-corrected chi connectivity index (χ4v) is 5.39. The number of fused-ring (bicyclic) bond motifs is 1. The molecule has 4 rings (SSSR count). The summed E-state index contributed by atoms with van der Waals surface area (Å²) < 4.78 is 6.43. The van der Waals surface area contributed by atoms with Gasteiger partial charge >= 0.3 is 5.97 Å². The first-order valence-corrected chi connectivity index (χ1v) is 12.0. The number of rotatable bonds is 6. The van der Waals surface area contributed by atoms with Crippen LogP contribution in [0.25, 0.3) is 0 Å². The molecule has 1 unspecified atom stereocenters. The molecule has 0 aromatic rings. The van der Waals surface area contributed by atoms with Gasteiger partial charge < -0.3 is 15.2 Å². The number of carbonyl (C=O) groups excluding carboxylic acids is 3. The number of nitrogens with one attached hydrogen (secondary N) is 1. The van der Waals surface area contributed by atoms with Crippen LogP contribution in [-0.2, 0) is 23.9 Å². The molecule has 2 heterocycles. The number of carboxylic acids is 1. The first kappa shape index (κ1) is 23.7. The predicted molar refractivity (Wildman–Crippen MR) is 128 cm³/mol. The second kappa shape index (κ2) is 9.80. The normalized spacial score (nSPS) is 23.9. The minimum absolute atomic E-state index is 0.0162. The molecule has 0 saturated heterocycles. The lowest BCUT2D eigenvalue weighted by Gasteiger charge is -2.40. The number of Topliss-reactive ketones (excluding diaryl/α,β-unsaturated/α-hetero) is 2. The summed E-state index contributed by atoms with van der Waals surface area (Å²) in [6, 6.07) is 0. The lowest BCUT2D eigenvalue weighted by Crippen LogP contribution is -2.43. The Morgan fingerprint density at radius 2 is 1.94 bits per heavy atom. The Morgan fingerprint density at radius 1 is 1.18 bits per heavy atom. The minimum atomic E-state index is -1.16. The van der Waals surface area contributed by atoms with Crippen molar-refractivity contribution in [2.75, 3.05) is 12.3 Å². The third-order valence-corrected chi connectivity index (χ3v) is 7.42. The number of allylic oxidation sites excluding steroid dienone is 7. The van der Waals surface area contributed by atoms with Gasteiger partial charge in [-0.05, 0) is 12.8 Å². The number of carboxylic acid groups (broad SMARTS) is 1. The Bertz CT molecular complexity index is 1180. The Balaban J connectivity index is 1.52. The van der Waals surface area contributed by atoms with Crippen molar-refractivity contribution in [1.29, 1.82) is 0 Å². The van der Waals surface area contributed by atoms with Gasteiger partial charge in [0.05, 0.1) is 11.1 Å². The molecule has 0 aromatic heterocycles. The Labute approximate surface area is 200 Å². The number of aliphatic imine (C=N–C) groups is 1. The molecule has 0 radical (unpaired) electrons. The number of ether oxygens (including phenoxy) is 1. The molecular weight excluding hydrogens is 456 g/mol. The highest BCUT2D eigenvalue weighted by atomic mass is 32.2. The van der Waals surface area contributed by atoms with Crippen molar-refractivity contribution in [3.8, 4) is 0 Å². The maximum absolute atomic E-state index is 12.7. The van der Waals surface area contributed by atoms with Crippen molar-refractivity contribution in [2.45, 2.75) is 38.2 Å². The van der Waals surface area contributed by atoms with Crippen LogP contribution >= 0.6 is 11.8 Å². The van der Waals surface area contributed by atoms with Gasteiger partial charge in [-0.25, -0.2) is 4.79 Å². The van der Waals surface area contributed by atoms with E-state index in [2.05, 4.69) is 10.3 Å². The molecule has 34 heavy (non-hydrogen) atoms. The van der Waals surface area contributed by atoms with E-state index in [-0.39, 0.29) is 24.1 Å². The van der Waals surface area contributed by atoms with E-state index in [1.54, 1.807) is 12.2 Å². The molecule has 2 N–H and O–H groups in total. The van der Waals surface area contributed by atoms with Gasteiger partial charge in [0.25, 0.3) is 5.91 Å². The monoisotopic (exact) mass is 480 g/mol. The van der Waals surface area contributed by atoms with Gasteiger partial charge in [0, 0.05) is 48.7 Å². The summed E-state index contributed by atoms with van der Waals surface area (Å²) in [5.41, 5.74) is 0.294. The Hall–Kier alpha value is -3.46. The van der Waals surface area contributed by atoms with Crippen LogP contribution in [0.1, 0.15) is 32.6 Å². The second-order valence-corrected chi connectivity index (χ2v) is 9.17. The van der Waals surface area contributed by atoms with Crippen LogP contribution in [0.4, 0.5) is 0 Å².